The Labute approximate surface area is 179 Å². The molecule has 9 N–H and O–H groups in total. The normalized spacial score (nSPS) is 13.6. The van der Waals surface area contributed by atoms with E-state index in [-0.39, 0.29) is 31.4 Å². The second-order valence-corrected chi connectivity index (χ2v) is 7.15. The van der Waals surface area contributed by atoms with Gasteiger partial charge in [0.15, 0.2) is 0 Å². The number of rotatable bonds is 14. The van der Waals surface area contributed by atoms with Crippen LogP contribution in [0.1, 0.15) is 37.7 Å². The van der Waals surface area contributed by atoms with Gasteiger partial charge < -0.3 is 37.4 Å². The van der Waals surface area contributed by atoms with Crippen molar-refractivity contribution < 1.29 is 34.5 Å². The van der Waals surface area contributed by atoms with E-state index >= 15 is 0 Å². The molecule has 0 saturated carbocycles. The standard InChI is InChI=1S/C20H30N4O7/c21-10-2-1-3-15(23-18(28)14(22)8-9-17(26)27)19(29)24-16(20(30)31)11-12-4-6-13(25)7-5-12/h4-7,14-16,25H,1-3,8-11,21-22H2,(H,23,28)(H,24,29)(H,26,27)(H,30,31). The topological polar surface area (TPSA) is 205 Å². The summed E-state index contributed by atoms with van der Waals surface area (Å²) in [6.07, 6.45) is 0.897. The number of carbonyl (C=O) groups is 4. The first-order valence-electron chi connectivity index (χ1n) is 9.93. The molecule has 1 rings (SSSR count). The van der Waals surface area contributed by atoms with Crippen molar-refractivity contribution >= 4 is 23.8 Å². The van der Waals surface area contributed by atoms with E-state index < -0.39 is 41.9 Å². The van der Waals surface area contributed by atoms with Gasteiger partial charge in [-0.25, -0.2) is 4.79 Å². The summed E-state index contributed by atoms with van der Waals surface area (Å²) in [5.41, 5.74) is 11.7. The number of phenols is 1. The van der Waals surface area contributed by atoms with Crippen molar-refractivity contribution in [2.75, 3.05) is 6.54 Å². The number of aromatic hydroxyl groups is 1. The van der Waals surface area contributed by atoms with Gasteiger partial charge in [-0.2, -0.15) is 0 Å². The quantitative estimate of drug-likeness (QED) is 0.183. The summed E-state index contributed by atoms with van der Waals surface area (Å²) in [4.78, 5) is 47.3. The summed E-state index contributed by atoms with van der Waals surface area (Å²) >= 11 is 0. The second kappa shape index (κ2) is 13.2. The fourth-order valence-corrected chi connectivity index (χ4v) is 2.79. The Morgan fingerprint density at radius 2 is 1.52 bits per heavy atom. The van der Waals surface area contributed by atoms with Gasteiger partial charge in [0.2, 0.25) is 11.8 Å². The summed E-state index contributed by atoms with van der Waals surface area (Å²) in [5, 5.41) is 32.4. The summed E-state index contributed by atoms with van der Waals surface area (Å²) in [5.74, 6) is -3.71. The molecule has 1 aromatic carbocycles. The van der Waals surface area contributed by atoms with Gasteiger partial charge in [-0.1, -0.05) is 12.1 Å². The third-order valence-electron chi connectivity index (χ3n) is 4.58. The summed E-state index contributed by atoms with van der Waals surface area (Å²) in [7, 11) is 0. The molecule has 3 atom stereocenters. The maximum absolute atomic E-state index is 12.7. The van der Waals surface area contributed by atoms with E-state index in [0.717, 1.165) is 0 Å². The third-order valence-corrected chi connectivity index (χ3v) is 4.58. The Morgan fingerprint density at radius 3 is 2.06 bits per heavy atom. The highest BCUT2D eigenvalue weighted by Gasteiger charge is 2.28. The largest absolute Gasteiger partial charge is 0.508 e. The van der Waals surface area contributed by atoms with E-state index in [0.29, 0.717) is 24.9 Å². The lowest BCUT2D eigenvalue weighted by atomic mass is 10.0. The predicted octanol–water partition coefficient (Wildman–Crippen LogP) is -0.690. The van der Waals surface area contributed by atoms with Crippen LogP contribution in [0, 0.1) is 0 Å². The molecule has 0 aliphatic heterocycles. The van der Waals surface area contributed by atoms with Gasteiger partial charge >= 0.3 is 11.9 Å². The van der Waals surface area contributed by atoms with E-state index in [2.05, 4.69) is 10.6 Å². The van der Waals surface area contributed by atoms with E-state index in [1.54, 1.807) is 12.1 Å². The zero-order chi connectivity index (χ0) is 23.4. The number of carboxylic acids is 2. The number of amides is 2. The maximum Gasteiger partial charge on any atom is 0.326 e. The average molecular weight is 438 g/mol. The molecule has 0 spiro atoms. The number of hydrogen-bond acceptors (Lipinski definition) is 7. The monoisotopic (exact) mass is 438 g/mol. The van der Waals surface area contributed by atoms with Gasteiger partial charge in [0.05, 0.1) is 6.04 Å². The van der Waals surface area contributed by atoms with Gasteiger partial charge in [-0.05, 0) is 49.9 Å². The van der Waals surface area contributed by atoms with Gasteiger partial charge in [0.1, 0.15) is 17.8 Å². The highest BCUT2D eigenvalue weighted by atomic mass is 16.4. The van der Waals surface area contributed by atoms with Crippen molar-refractivity contribution in [3.8, 4) is 5.75 Å². The van der Waals surface area contributed by atoms with Crippen LogP contribution in [0.15, 0.2) is 24.3 Å². The SMILES string of the molecule is NCCCCC(NC(=O)C(N)CCC(=O)O)C(=O)NC(Cc1ccc(O)cc1)C(=O)O. The molecule has 0 fully saturated rings. The van der Waals surface area contributed by atoms with E-state index in [4.69, 9.17) is 16.6 Å². The molecule has 3 unspecified atom stereocenters. The zero-order valence-corrected chi connectivity index (χ0v) is 17.1. The Hall–Kier alpha value is -3.18. The highest BCUT2D eigenvalue weighted by molar-refractivity contribution is 5.92. The molecule has 2 amide bonds. The van der Waals surface area contributed by atoms with Crippen molar-refractivity contribution in [1.29, 1.82) is 0 Å². The van der Waals surface area contributed by atoms with Crippen LogP contribution in [-0.4, -0.2) is 63.7 Å². The molecule has 0 aromatic heterocycles. The minimum absolute atomic E-state index is 0.0249. The lowest BCUT2D eigenvalue weighted by Gasteiger charge is -2.23. The number of unbranched alkanes of at least 4 members (excludes halogenated alkanes) is 1. The van der Waals surface area contributed by atoms with Gasteiger partial charge in [0, 0.05) is 12.8 Å². The van der Waals surface area contributed by atoms with E-state index in [9.17, 15) is 29.4 Å². The maximum atomic E-state index is 12.7. The van der Waals surface area contributed by atoms with Crippen LogP contribution in [0.2, 0.25) is 0 Å². The second-order valence-electron chi connectivity index (χ2n) is 7.15. The van der Waals surface area contributed by atoms with Crippen LogP contribution >= 0.6 is 0 Å². The molecule has 11 heteroatoms. The number of phenolic OH excluding ortho intramolecular Hbond substituents is 1. The van der Waals surface area contributed by atoms with Crippen LogP contribution in [0.5, 0.6) is 5.75 Å². The summed E-state index contributed by atoms with van der Waals surface area (Å²) in [6, 6.07) is 2.48. The highest BCUT2D eigenvalue weighted by Crippen LogP contribution is 2.12. The molecular formula is C20H30N4O7. The Morgan fingerprint density at radius 1 is 0.903 bits per heavy atom. The lowest BCUT2D eigenvalue weighted by molar-refractivity contribution is -0.142. The molecule has 31 heavy (non-hydrogen) atoms. The first-order valence-corrected chi connectivity index (χ1v) is 9.93. The number of aliphatic carboxylic acids is 2. The summed E-state index contributed by atoms with van der Waals surface area (Å²) in [6.45, 7) is 0.388. The minimum Gasteiger partial charge on any atom is -0.508 e. The van der Waals surface area contributed by atoms with E-state index in [1.165, 1.54) is 12.1 Å². The van der Waals surface area contributed by atoms with Crippen molar-refractivity contribution in [2.24, 2.45) is 11.5 Å². The van der Waals surface area contributed by atoms with Crippen molar-refractivity contribution in [1.82, 2.24) is 10.6 Å². The number of benzene rings is 1. The molecule has 172 valence electrons. The lowest BCUT2D eigenvalue weighted by Crippen LogP contribution is -2.54. The third kappa shape index (κ3) is 9.92. The fraction of sp³-hybridized carbons (Fsp3) is 0.500. The average Bonchev–Trinajstić information content (AvgIpc) is 2.72. The van der Waals surface area contributed by atoms with Crippen molar-refractivity contribution in [3.05, 3.63) is 29.8 Å². The predicted molar refractivity (Wildman–Crippen MR) is 111 cm³/mol. The van der Waals surface area contributed by atoms with Crippen molar-refractivity contribution in [3.63, 3.8) is 0 Å². The molecule has 11 nitrogen and oxygen atoms in total. The fourth-order valence-electron chi connectivity index (χ4n) is 2.79. The molecule has 0 saturated heterocycles. The van der Waals surface area contributed by atoms with Gasteiger partial charge in [-0.3, -0.25) is 14.4 Å². The molecule has 0 aliphatic carbocycles. The first-order chi connectivity index (χ1) is 14.6. The zero-order valence-electron chi connectivity index (χ0n) is 17.1. The minimum atomic E-state index is -1.26. The number of carbonyl (C=O) groups excluding carboxylic acids is 2. The molecule has 0 aliphatic rings. The molecule has 0 heterocycles. The molecular weight excluding hydrogens is 408 g/mol. The number of carboxylic acid groups (broad SMARTS) is 2. The van der Waals surface area contributed by atoms with E-state index in [1.807, 2.05) is 0 Å². The molecule has 0 radical (unpaired) electrons. The van der Waals surface area contributed by atoms with Crippen LogP contribution in [0.3, 0.4) is 0 Å². The smallest absolute Gasteiger partial charge is 0.326 e. The first kappa shape index (κ1) is 25.9. The molecule has 0 bridgehead atoms. The van der Waals surface area contributed by atoms with Crippen LogP contribution in [-0.2, 0) is 25.6 Å². The van der Waals surface area contributed by atoms with Gasteiger partial charge in [-0.15, -0.1) is 0 Å². The number of hydrogen-bond donors (Lipinski definition) is 7. The molecule has 1 aromatic rings. The van der Waals surface area contributed by atoms with Gasteiger partial charge in [0.25, 0.3) is 0 Å². The van der Waals surface area contributed by atoms with Crippen LogP contribution in [0.25, 0.3) is 0 Å². The number of nitrogens with one attached hydrogen (secondary N) is 2. The Bertz CT molecular complexity index is 754. The Balaban J connectivity index is 2.83. The Kier molecular flexibility index (Phi) is 11.0. The number of nitrogens with two attached hydrogens (primary N) is 2. The van der Waals surface area contributed by atoms with Crippen LogP contribution < -0.4 is 22.1 Å². The van der Waals surface area contributed by atoms with Crippen molar-refractivity contribution in [2.45, 2.75) is 56.7 Å². The summed E-state index contributed by atoms with van der Waals surface area (Å²) < 4.78 is 0. The van der Waals surface area contributed by atoms with Crippen LogP contribution in [0.4, 0.5) is 0 Å².